The number of aliphatic carboxylic acids is 1. The number of aliphatic hydroxyl groups is 1. The smallest absolute Gasteiger partial charge is 0.414 e. The van der Waals surface area contributed by atoms with E-state index < -0.39 is 11.9 Å². The highest BCUT2D eigenvalue weighted by Gasteiger charge is 2.34. The summed E-state index contributed by atoms with van der Waals surface area (Å²) in [6, 6.07) is 13.4. The second kappa shape index (κ2) is 10.5. The van der Waals surface area contributed by atoms with Crippen LogP contribution in [-0.2, 0) is 22.4 Å². The molecule has 2 N–H and O–H groups in total. The van der Waals surface area contributed by atoms with Gasteiger partial charge in [-0.2, -0.15) is 0 Å². The Morgan fingerprint density at radius 3 is 2.62 bits per heavy atom. The number of carboxylic acid groups (broad SMARTS) is 1. The Bertz CT molecular complexity index is 1290. The van der Waals surface area contributed by atoms with Gasteiger partial charge < -0.3 is 19.5 Å². The van der Waals surface area contributed by atoms with Gasteiger partial charge in [-0.15, -0.1) is 0 Å². The number of carbonyl (C=O) groups is 2. The monoisotopic (exact) mass is 505 g/mol. The number of benzene rings is 2. The molecule has 1 saturated carbocycles. The third-order valence-electron chi connectivity index (χ3n) is 8.16. The molecule has 1 aromatic heterocycles. The molecule has 0 saturated heterocycles. The Kier molecular flexibility index (Phi) is 7.20. The van der Waals surface area contributed by atoms with Crippen molar-refractivity contribution in [3.63, 3.8) is 0 Å². The minimum absolute atomic E-state index is 0.0112. The number of aromatic nitrogens is 2. The fraction of sp³-hybridized carbons (Fsp3) is 0.483. The minimum Gasteiger partial charge on any atom is -0.481 e. The van der Waals surface area contributed by atoms with Gasteiger partial charge in [0.1, 0.15) is 5.82 Å². The SMILES string of the molecule is COC(=O)N1c2ccc3c(nc(C[C@@H](C(=O)O)c4ccccc4)n3[C@@H]3CCC[C@@H](CO)C3)c2CC[C@@H]1C. The largest absolute Gasteiger partial charge is 0.481 e. The van der Waals surface area contributed by atoms with Gasteiger partial charge in [0.2, 0.25) is 0 Å². The molecule has 3 aromatic rings. The molecule has 8 nitrogen and oxygen atoms in total. The zero-order valence-corrected chi connectivity index (χ0v) is 21.5. The van der Waals surface area contributed by atoms with E-state index in [9.17, 15) is 19.8 Å². The van der Waals surface area contributed by atoms with Crippen molar-refractivity contribution in [3.05, 3.63) is 59.4 Å². The normalized spacial score (nSPS) is 22.5. The van der Waals surface area contributed by atoms with Crippen LogP contribution in [0.1, 0.15) is 67.9 Å². The van der Waals surface area contributed by atoms with Gasteiger partial charge in [0, 0.05) is 30.7 Å². The van der Waals surface area contributed by atoms with Crippen LogP contribution in [0.3, 0.4) is 0 Å². The van der Waals surface area contributed by atoms with Gasteiger partial charge in [-0.25, -0.2) is 9.78 Å². The van der Waals surface area contributed by atoms with Crippen LogP contribution in [0, 0.1) is 5.92 Å². The first-order chi connectivity index (χ1) is 17.9. The first-order valence-electron chi connectivity index (χ1n) is 13.2. The van der Waals surface area contributed by atoms with E-state index >= 15 is 0 Å². The lowest BCUT2D eigenvalue weighted by Crippen LogP contribution is -2.42. The highest BCUT2D eigenvalue weighted by molar-refractivity contribution is 5.95. The lowest BCUT2D eigenvalue weighted by molar-refractivity contribution is -0.138. The molecular formula is C29H35N3O5. The molecule has 0 radical (unpaired) electrons. The maximum Gasteiger partial charge on any atom is 0.414 e. The third-order valence-corrected chi connectivity index (χ3v) is 8.16. The lowest BCUT2D eigenvalue weighted by atomic mass is 9.85. The summed E-state index contributed by atoms with van der Waals surface area (Å²) < 4.78 is 7.31. The highest BCUT2D eigenvalue weighted by atomic mass is 16.5. The molecule has 1 aliphatic heterocycles. The quantitative estimate of drug-likeness (QED) is 0.484. The number of aliphatic hydroxyl groups excluding tert-OH is 1. The van der Waals surface area contributed by atoms with Crippen molar-refractivity contribution in [2.75, 3.05) is 18.6 Å². The van der Waals surface area contributed by atoms with Crippen LogP contribution < -0.4 is 4.90 Å². The number of amides is 1. The Morgan fingerprint density at radius 2 is 1.92 bits per heavy atom. The van der Waals surface area contributed by atoms with Gasteiger partial charge in [0.25, 0.3) is 0 Å². The van der Waals surface area contributed by atoms with E-state index in [1.165, 1.54) is 7.11 Å². The number of rotatable bonds is 6. The molecular weight excluding hydrogens is 470 g/mol. The summed E-state index contributed by atoms with van der Waals surface area (Å²) in [5.74, 6) is -0.640. The molecule has 0 bridgehead atoms. The van der Waals surface area contributed by atoms with Crippen LogP contribution in [0.25, 0.3) is 11.0 Å². The second-order valence-electron chi connectivity index (χ2n) is 10.4. The van der Waals surface area contributed by atoms with Crippen LogP contribution in [0.2, 0.25) is 0 Å². The molecule has 1 fully saturated rings. The predicted molar refractivity (Wildman–Crippen MR) is 141 cm³/mol. The Morgan fingerprint density at radius 1 is 1.14 bits per heavy atom. The van der Waals surface area contributed by atoms with Gasteiger partial charge in [-0.1, -0.05) is 36.8 Å². The van der Waals surface area contributed by atoms with Crippen LogP contribution in [0.15, 0.2) is 42.5 Å². The van der Waals surface area contributed by atoms with E-state index in [-0.39, 0.29) is 37.1 Å². The molecule has 0 unspecified atom stereocenters. The lowest BCUT2D eigenvalue weighted by Gasteiger charge is -2.34. The summed E-state index contributed by atoms with van der Waals surface area (Å²) in [5.41, 5.74) is 4.36. The van der Waals surface area contributed by atoms with E-state index in [0.29, 0.717) is 0 Å². The van der Waals surface area contributed by atoms with Crippen LogP contribution in [-0.4, -0.2) is 51.6 Å². The zero-order chi connectivity index (χ0) is 26.1. The number of methoxy groups -OCH3 is 1. The van der Waals surface area contributed by atoms with Gasteiger partial charge in [-0.05, 0) is 62.6 Å². The topological polar surface area (TPSA) is 105 Å². The summed E-state index contributed by atoms with van der Waals surface area (Å²) >= 11 is 0. The first-order valence-corrected chi connectivity index (χ1v) is 13.2. The van der Waals surface area contributed by atoms with Crippen LogP contribution in [0.5, 0.6) is 0 Å². The third kappa shape index (κ3) is 4.70. The van der Waals surface area contributed by atoms with Crippen molar-refractivity contribution in [3.8, 4) is 0 Å². The summed E-state index contributed by atoms with van der Waals surface area (Å²) in [5, 5.41) is 20.1. The van der Waals surface area contributed by atoms with E-state index in [2.05, 4.69) is 4.57 Å². The Hall–Kier alpha value is -3.39. The van der Waals surface area contributed by atoms with Gasteiger partial charge in [0.15, 0.2) is 0 Å². The summed E-state index contributed by atoms with van der Waals surface area (Å²) in [4.78, 5) is 31.8. The van der Waals surface area contributed by atoms with E-state index in [4.69, 9.17) is 9.72 Å². The average molecular weight is 506 g/mol. The first kappa shape index (κ1) is 25.3. The van der Waals surface area contributed by atoms with Crippen molar-refractivity contribution in [1.29, 1.82) is 0 Å². The van der Waals surface area contributed by atoms with Crippen molar-refractivity contribution in [2.45, 2.75) is 69.9 Å². The van der Waals surface area contributed by atoms with Gasteiger partial charge >= 0.3 is 12.1 Å². The summed E-state index contributed by atoms with van der Waals surface area (Å²) in [6.45, 7) is 2.17. The van der Waals surface area contributed by atoms with Gasteiger partial charge in [0.05, 0.1) is 29.7 Å². The van der Waals surface area contributed by atoms with Crippen molar-refractivity contribution in [2.24, 2.45) is 5.92 Å². The minimum atomic E-state index is -0.880. The molecule has 0 spiro atoms. The number of hydrogen-bond acceptors (Lipinski definition) is 5. The zero-order valence-electron chi connectivity index (χ0n) is 21.5. The number of fused-ring (bicyclic) bond motifs is 3. The maximum absolute atomic E-state index is 12.6. The van der Waals surface area contributed by atoms with Crippen LogP contribution >= 0.6 is 0 Å². The summed E-state index contributed by atoms with van der Waals surface area (Å²) in [6.07, 6.45) is 5.25. The molecule has 2 aliphatic rings. The molecule has 1 amide bonds. The fourth-order valence-electron chi connectivity index (χ4n) is 6.25. The number of carboxylic acids is 1. The number of imidazole rings is 1. The molecule has 1 aliphatic carbocycles. The number of carbonyl (C=O) groups excluding carboxylic acids is 1. The number of ether oxygens (including phenoxy) is 1. The van der Waals surface area contributed by atoms with Crippen molar-refractivity contribution < 1.29 is 24.5 Å². The van der Waals surface area contributed by atoms with E-state index in [0.717, 1.165) is 72.2 Å². The molecule has 37 heavy (non-hydrogen) atoms. The number of anilines is 1. The molecule has 4 atom stereocenters. The number of hydrogen-bond donors (Lipinski definition) is 2. The van der Waals surface area contributed by atoms with E-state index in [1.807, 2.05) is 49.4 Å². The highest BCUT2D eigenvalue weighted by Crippen LogP contribution is 2.41. The Balaban J connectivity index is 1.66. The average Bonchev–Trinajstić information content (AvgIpc) is 3.30. The summed E-state index contributed by atoms with van der Waals surface area (Å²) in [7, 11) is 1.39. The molecule has 5 rings (SSSR count). The molecule has 196 valence electrons. The second-order valence-corrected chi connectivity index (χ2v) is 10.4. The molecule has 2 aromatic carbocycles. The fourth-order valence-corrected chi connectivity index (χ4v) is 6.25. The van der Waals surface area contributed by atoms with Crippen LogP contribution in [0.4, 0.5) is 10.5 Å². The predicted octanol–water partition coefficient (Wildman–Crippen LogP) is 5.08. The van der Waals surface area contributed by atoms with Gasteiger partial charge in [-0.3, -0.25) is 9.69 Å². The number of nitrogens with zero attached hydrogens (tertiary/aromatic N) is 3. The molecule has 2 heterocycles. The standard InChI is InChI=1S/C29H35N3O5/c1-18-11-12-22-24(31(18)29(36)37-2)13-14-25-27(22)30-26(32(25)21-10-6-7-19(15-21)17-33)16-23(28(34)35)20-8-4-3-5-9-20/h3-5,8-9,13-14,18-19,21,23,33H,6-7,10-12,15-17H2,1-2H3,(H,34,35)/t18-,19+,21+,23+/m0/s1. The van der Waals surface area contributed by atoms with Crippen molar-refractivity contribution in [1.82, 2.24) is 9.55 Å². The van der Waals surface area contributed by atoms with E-state index in [1.54, 1.807) is 4.90 Å². The van der Waals surface area contributed by atoms with Crippen molar-refractivity contribution >= 4 is 28.8 Å². The molecule has 8 heteroatoms. The maximum atomic E-state index is 12.6. The Labute approximate surface area is 216 Å². The number of aryl methyl sites for hydroxylation is 1.